The summed E-state index contributed by atoms with van der Waals surface area (Å²) in [6.07, 6.45) is 1.05. The van der Waals surface area contributed by atoms with Gasteiger partial charge in [0.05, 0.1) is 4.92 Å². The van der Waals surface area contributed by atoms with Gasteiger partial charge in [-0.3, -0.25) is 14.8 Å². The fraction of sp³-hybridized carbons (Fsp3) is 0. The zero-order chi connectivity index (χ0) is 15.6. The van der Waals surface area contributed by atoms with E-state index in [2.05, 4.69) is 9.97 Å². The quantitative estimate of drug-likeness (QED) is 0.515. The number of nitro benzene ring substituents is 1. The fourth-order valence-electron chi connectivity index (χ4n) is 1.45. The van der Waals surface area contributed by atoms with E-state index in [0.29, 0.717) is 0 Å². The van der Waals surface area contributed by atoms with E-state index in [1.807, 2.05) is 4.72 Å². The van der Waals surface area contributed by atoms with Crippen LogP contribution in [0.3, 0.4) is 0 Å². The summed E-state index contributed by atoms with van der Waals surface area (Å²) in [6.45, 7) is 0. The number of anilines is 1. The number of aromatic nitrogens is 2. The van der Waals surface area contributed by atoms with Crippen LogP contribution in [0.5, 0.6) is 0 Å². The number of nitro groups is 1. The van der Waals surface area contributed by atoms with Crippen LogP contribution in [0, 0.1) is 10.1 Å². The Hall–Kier alpha value is -1.97. The highest BCUT2D eigenvalue weighted by Gasteiger charge is 2.27. The van der Waals surface area contributed by atoms with Crippen molar-refractivity contribution in [1.82, 2.24) is 9.97 Å². The molecule has 0 saturated heterocycles. The van der Waals surface area contributed by atoms with Crippen LogP contribution in [0.25, 0.3) is 0 Å². The van der Waals surface area contributed by atoms with E-state index in [0.717, 1.165) is 18.5 Å². The molecule has 1 aromatic heterocycles. The normalized spacial score (nSPS) is 11.1. The molecule has 0 spiro atoms. The number of rotatable bonds is 4. The third kappa shape index (κ3) is 3.20. The van der Waals surface area contributed by atoms with Crippen LogP contribution in [-0.2, 0) is 10.0 Å². The van der Waals surface area contributed by atoms with Crippen molar-refractivity contribution in [1.29, 1.82) is 0 Å². The van der Waals surface area contributed by atoms with Crippen LogP contribution >= 0.6 is 23.2 Å². The highest BCUT2D eigenvalue weighted by Crippen LogP contribution is 2.30. The first-order valence-electron chi connectivity index (χ1n) is 5.25. The predicted octanol–water partition coefficient (Wildman–Crippen LogP) is 2.49. The van der Waals surface area contributed by atoms with Gasteiger partial charge in [-0.1, -0.05) is 35.3 Å². The molecule has 0 radical (unpaired) electrons. The molecule has 2 aromatic rings. The summed E-state index contributed by atoms with van der Waals surface area (Å²) >= 11 is 11.5. The number of nitrogens with zero attached hydrogens (tertiary/aromatic N) is 3. The molecule has 1 aromatic carbocycles. The first-order valence-corrected chi connectivity index (χ1v) is 7.49. The summed E-state index contributed by atoms with van der Waals surface area (Å²) in [5.74, 6) is 0. The first-order chi connectivity index (χ1) is 9.83. The van der Waals surface area contributed by atoms with E-state index in [9.17, 15) is 18.5 Å². The topological polar surface area (TPSA) is 115 Å². The molecule has 1 heterocycles. The van der Waals surface area contributed by atoms with E-state index in [1.165, 1.54) is 12.1 Å². The second-order valence-corrected chi connectivity index (χ2v) is 6.03. The van der Waals surface area contributed by atoms with E-state index < -0.39 is 25.5 Å². The van der Waals surface area contributed by atoms with E-state index in [1.54, 1.807) is 0 Å². The van der Waals surface area contributed by atoms with Crippen molar-refractivity contribution in [3.63, 3.8) is 0 Å². The van der Waals surface area contributed by atoms with Gasteiger partial charge >= 0.3 is 0 Å². The second-order valence-electron chi connectivity index (χ2n) is 3.66. The maximum atomic E-state index is 12.2. The average molecular weight is 349 g/mol. The Balaban J connectivity index is 2.52. The monoisotopic (exact) mass is 348 g/mol. The molecule has 21 heavy (non-hydrogen) atoms. The number of hydrogen-bond acceptors (Lipinski definition) is 6. The molecule has 0 bridgehead atoms. The van der Waals surface area contributed by atoms with Gasteiger partial charge < -0.3 is 0 Å². The van der Waals surface area contributed by atoms with Crippen molar-refractivity contribution in [2.24, 2.45) is 0 Å². The van der Waals surface area contributed by atoms with Gasteiger partial charge in [0.1, 0.15) is 12.0 Å². The van der Waals surface area contributed by atoms with Gasteiger partial charge in [-0.2, -0.15) is 0 Å². The summed E-state index contributed by atoms with van der Waals surface area (Å²) in [6, 6.07) is 4.86. The first kappa shape index (κ1) is 15.4. The lowest BCUT2D eigenvalue weighted by molar-refractivity contribution is -0.387. The second kappa shape index (κ2) is 5.80. The number of hydrogen-bond donors (Lipinski definition) is 1. The van der Waals surface area contributed by atoms with Crippen LogP contribution < -0.4 is 4.72 Å². The van der Waals surface area contributed by atoms with Crippen LogP contribution in [0.15, 0.2) is 35.5 Å². The zero-order valence-electron chi connectivity index (χ0n) is 10.0. The minimum Gasteiger partial charge on any atom is -0.273 e. The maximum absolute atomic E-state index is 12.2. The van der Waals surface area contributed by atoms with Crippen LogP contribution in [0.1, 0.15) is 0 Å². The highest BCUT2D eigenvalue weighted by atomic mass is 35.5. The zero-order valence-corrected chi connectivity index (χ0v) is 12.4. The van der Waals surface area contributed by atoms with Gasteiger partial charge in [0.15, 0.2) is 15.2 Å². The summed E-state index contributed by atoms with van der Waals surface area (Å²) in [5.41, 5.74) is -0.826. The summed E-state index contributed by atoms with van der Waals surface area (Å²) in [5, 5.41) is 10.4. The Morgan fingerprint density at radius 3 is 2.29 bits per heavy atom. The van der Waals surface area contributed by atoms with Crippen molar-refractivity contribution in [3.05, 3.63) is 51.0 Å². The summed E-state index contributed by atoms with van der Waals surface area (Å²) in [4.78, 5) is 16.7. The molecule has 0 aliphatic heterocycles. The minimum absolute atomic E-state index is 0.225. The molecule has 2 rings (SSSR count). The van der Waals surface area contributed by atoms with Gasteiger partial charge in [-0.15, -0.1) is 0 Å². The Morgan fingerprint density at radius 2 is 1.71 bits per heavy atom. The smallest absolute Gasteiger partial charge is 0.273 e. The molecule has 0 atom stereocenters. The summed E-state index contributed by atoms with van der Waals surface area (Å²) < 4.78 is 26.5. The molecular formula is C10H6Cl2N4O4S. The Labute approximate surface area is 128 Å². The predicted molar refractivity (Wildman–Crippen MR) is 76.0 cm³/mol. The van der Waals surface area contributed by atoms with Crippen LogP contribution in [-0.4, -0.2) is 23.3 Å². The molecule has 0 unspecified atom stereocenters. The lowest BCUT2D eigenvalue weighted by Crippen LogP contribution is -2.15. The standard InChI is InChI=1S/C10H6Cl2N4O4S/c11-9-8(10(12)14-5-13-9)15-21(19,20)7-4-2-1-3-6(7)16(17)18/h1-5,15H. The van der Waals surface area contributed by atoms with E-state index >= 15 is 0 Å². The molecule has 11 heteroatoms. The summed E-state index contributed by atoms with van der Waals surface area (Å²) in [7, 11) is -4.27. The number of benzene rings is 1. The SMILES string of the molecule is O=[N+]([O-])c1ccccc1S(=O)(=O)Nc1c(Cl)ncnc1Cl. The third-order valence-corrected chi connectivity index (χ3v) is 4.31. The lowest BCUT2D eigenvalue weighted by atomic mass is 10.3. The van der Waals surface area contributed by atoms with Gasteiger partial charge in [-0.25, -0.2) is 18.4 Å². The number of nitrogens with one attached hydrogen (secondary N) is 1. The van der Waals surface area contributed by atoms with Gasteiger partial charge in [-0.05, 0) is 6.07 Å². The molecule has 8 nitrogen and oxygen atoms in total. The molecular weight excluding hydrogens is 343 g/mol. The van der Waals surface area contributed by atoms with Crippen molar-refractivity contribution in [2.45, 2.75) is 4.90 Å². The number of halogens is 2. The van der Waals surface area contributed by atoms with E-state index in [4.69, 9.17) is 23.2 Å². The van der Waals surface area contributed by atoms with Crippen LogP contribution in [0.4, 0.5) is 11.4 Å². The average Bonchev–Trinajstić information content (AvgIpc) is 2.43. The van der Waals surface area contributed by atoms with Crippen LogP contribution in [0.2, 0.25) is 10.3 Å². The van der Waals surface area contributed by atoms with Gasteiger partial charge in [0.2, 0.25) is 0 Å². The minimum atomic E-state index is -4.27. The Bertz CT molecular complexity index is 792. The number of sulfonamides is 1. The molecule has 0 fully saturated rings. The molecule has 0 amide bonds. The fourth-order valence-corrected chi connectivity index (χ4v) is 3.22. The maximum Gasteiger partial charge on any atom is 0.289 e. The van der Waals surface area contributed by atoms with Crippen molar-refractivity contribution in [3.8, 4) is 0 Å². The van der Waals surface area contributed by atoms with Gasteiger partial charge in [0.25, 0.3) is 15.7 Å². The number of para-hydroxylation sites is 1. The van der Waals surface area contributed by atoms with Crippen molar-refractivity contribution < 1.29 is 13.3 Å². The largest absolute Gasteiger partial charge is 0.289 e. The molecule has 1 N–H and O–H groups in total. The Kier molecular flexibility index (Phi) is 4.26. The molecule has 110 valence electrons. The third-order valence-electron chi connectivity index (χ3n) is 2.34. The van der Waals surface area contributed by atoms with Crippen molar-refractivity contribution >= 4 is 44.6 Å². The van der Waals surface area contributed by atoms with Gasteiger partial charge in [0, 0.05) is 6.07 Å². The Morgan fingerprint density at radius 1 is 1.14 bits per heavy atom. The lowest BCUT2D eigenvalue weighted by Gasteiger charge is -2.09. The highest BCUT2D eigenvalue weighted by molar-refractivity contribution is 7.92. The molecule has 0 aliphatic carbocycles. The van der Waals surface area contributed by atoms with E-state index in [-0.39, 0.29) is 16.0 Å². The molecule has 0 saturated carbocycles. The van der Waals surface area contributed by atoms with Crippen molar-refractivity contribution in [2.75, 3.05) is 4.72 Å². The molecule has 0 aliphatic rings.